The van der Waals surface area contributed by atoms with Crippen LogP contribution in [0.4, 0.5) is 5.69 Å². The molecule has 11 heteroatoms. The van der Waals surface area contributed by atoms with Crippen LogP contribution in [0.2, 0.25) is 0 Å². The molecule has 3 aromatic rings. The van der Waals surface area contributed by atoms with Crippen LogP contribution in [0.3, 0.4) is 0 Å². The average molecular weight is 496 g/mol. The summed E-state index contributed by atoms with van der Waals surface area (Å²) in [5.74, 6) is -0.460. The van der Waals surface area contributed by atoms with E-state index in [1.54, 1.807) is 38.1 Å². The molecule has 0 unspecified atom stereocenters. The van der Waals surface area contributed by atoms with E-state index in [9.17, 15) is 24.8 Å². The second-order valence-electron chi connectivity index (χ2n) is 7.57. The minimum absolute atomic E-state index is 0.0627. The summed E-state index contributed by atoms with van der Waals surface area (Å²) in [6.45, 7) is 3.46. The number of aromatic hydroxyl groups is 1. The van der Waals surface area contributed by atoms with Crippen LogP contribution in [0.1, 0.15) is 31.0 Å². The minimum atomic E-state index is -0.799. The van der Waals surface area contributed by atoms with E-state index in [4.69, 9.17) is 9.47 Å². The summed E-state index contributed by atoms with van der Waals surface area (Å²) >= 11 is 1.10. The number of methoxy groups -OCH3 is 1. The molecule has 0 spiro atoms. The van der Waals surface area contributed by atoms with Crippen LogP contribution in [0.15, 0.2) is 57.8 Å². The Bertz CT molecular complexity index is 1550. The number of ether oxygens (including phenoxy) is 2. The molecular weight excluding hydrogens is 474 g/mol. The van der Waals surface area contributed by atoms with Crippen LogP contribution in [0.25, 0.3) is 11.8 Å². The first-order valence-corrected chi connectivity index (χ1v) is 11.4. The van der Waals surface area contributed by atoms with Crippen LogP contribution in [0, 0.1) is 10.1 Å². The largest absolute Gasteiger partial charge is 0.504 e. The molecule has 0 saturated heterocycles. The first-order chi connectivity index (χ1) is 16.7. The normalized spacial score (nSPS) is 15.4. The van der Waals surface area contributed by atoms with E-state index in [0.717, 1.165) is 11.3 Å². The van der Waals surface area contributed by atoms with Crippen molar-refractivity contribution in [2.24, 2.45) is 4.99 Å². The monoisotopic (exact) mass is 495 g/mol. The molecule has 1 aliphatic rings. The molecule has 4 rings (SSSR count). The zero-order valence-corrected chi connectivity index (χ0v) is 19.9. The summed E-state index contributed by atoms with van der Waals surface area (Å²) in [4.78, 5) is 41.8. The van der Waals surface area contributed by atoms with Gasteiger partial charge in [0.25, 0.3) is 11.2 Å². The van der Waals surface area contributed by atoms with Crippen molar-refractivity contribution in [1.82, 2.24) is 4.57 Å². The van der Waals surface area contributed by atoms with Crippen molar-refractivity contribution in [2.45, 2.75) is 19.9 Å². The van der Waals surface area contributed by atoms with Crippen molar-refractivity contribution in [3.63, 3.8) is 0 Å². The number of hydrogen-bond acceptors (Lipinski definition) is 9. The van der Waals surface area contributed by atoms with Gasteiger partial charge in [0.05, 0.1) is 28.7 Å². The maximum atomic E-state index is 13.3. The number of hydrogen-bond donors (Lipinski definition) is 1. The Kier molecular flexibility index (Phi) is 6.52. The number of allylic oxidation sites excluding steroid dienone is 1. The molecule has 35 heavy (non-hydrogen) atoms. The number of non-ortho nitro benzene ring substituents is 1. The number of carbonyl (C=O) groups excluding carboxylic acids is 1. The molecule has 0 amide bonds. The zero-order valence-electron chi connectivity index (χ0n) is 19.0. The third-order valence-electron chi connectivity index (χ3n) is 5.44. The molecule has 1 atom stereocenters. The third-order valence-corrected chi connectivity index (χ3v) is 6.42. The molecule has 0 radical (unpaired) electrons. The van der Waals surface area contributed by atoms with Gasteiger partial charge in [-0.1, -0.05) is 29.5 Å². The average Bonchev–Trinajstić information content (AvgIpc) is 3.14. The first-order valence-electron chi connectivity index (χ1n) is 10.6. The van der Waals surface area contributed by atoms with Crippen LogP contribution in [-0.2, 0) is 9.53 Å². The number of thiazole rings is 1. The molecule has 1 aliphatic heterocycles. The van der Waals surface area contributed by atoms with E-state index in [-0.39, 0.29) is 29.4 Å². The van der Waals surface area contributed by atoms with Gasteiger partial charge < -0.3 is 14.6 Å². The Balaban J connectivity index is 1.94. The minimum Gasteiger partial charge on any atom is -0.504 e. The molecule has 1 N–H and O–H groups in total. The van der Waals surface area contributed by atoms with Gasteiger partial charge in [-0.05, 0) is 43.2 Å². The highest BCUT2D eigenvalue weighted by molar-refractivity contribution is 7.07. The number of carbonyl (C=O) groups is 1. The molecule has 0 aliphatic carbocycles. The lowest BCUT2D eigenvalue weighted by atomic mass is 9.96. The van der Waals surface area contributed by atoms with Crippen molar-refractivity contribution >= 4 is 34.8 Å². The Hall–Kier alpha value is -4.25. The number of nitro benzene ring substituents is 1. The van der Waals surface area contributed by atoms with Gasteiger partial charge in [0.15, 0.2) is 16.3 Å². The lowest BCUT2D eigenvalue weighted by Crippen LogP contribution is -2.35. The summed E-state index contributed by atoms with van der Waals surface area (Å²) in [6, 6.07) is 9.78. The number of benzene rings is 2. The lowest BCUT2D eigenvalue weighted by Gasteiger charge is -2.22. The van der Waals surface area contributed by atoms with Crippen molar-refractivity contribution in [3.05, 3.63) is 89.0 Å². The molecule has 10 nitrogen and oxygen atoms in total. The SMILES string of the molecule is CCOC(=O)C1=C(C)n2c(s/c(=C/c3cccc([N+](=O)[O-])c3)c2=O)=N[C@H]1c1ccc(O)c(OC)c1. The summed E-state index contributed by atoms with van der Waals surface area (Å²) in [6.07, 6.45) is 1.55. The zero-order chi connectivity index (χ0) is 25.3. The van der Waals surface area contributed by atoms with E-state index in [1.165, 1.54) is 35.9 Å². The number of fused-ring (bicyclic) bond motifs is 1. The molecule has 1 aromatic heterocycles. The second kappa shape index (κ2) is 9.55. The lowest BCUT2D eigenvalue weighted by molar-refractivity contribution is -0.384. The van der Waals surface area contributed by atoms with Crippen LogP contribution >= 0.6 is 11.3 Å². The highest BCUT2D eigenvalue weighted by atomic mass is 32.1. The number of rotatable bonds is 6. The Morgan fingerprint density at radius 3 is 2.77 bits per heavy atom. The van der Waals surface area contributed by atoms with Crippen molar-refractivity contribution in [2.75, 3.05) is 13.7 Å². The summed E-state index contributed by atoms with van der Waals surface area (Å²) < 4.78 is 12.1. The quantitative estimate of drug-likeness (QED) is 0.316. The number of phenolic OH excluding ortho intramolecular Hbond substituents is 1. The van der Waals surface area contributed by atoms with Crippen molar-refractivity contribution in [3.8, 4) is 11.5 Å². The Morgan fingerprint density at radius 1 is 1.31 bits per heavy atom. The molecule has 0 fully saturated rings. The standard InChI is InChI=1S/C24H21N3O7S/c1-4-34-23(30)20-13(2)26-22(29)19(11-14-6-5-7-16(10-14)27(31)32)35-24(26)25-21(20)15-8-9-17(28)18(12-15)33-3/h5-12,21,28H,4H2,1-3H3/b19-11+/t21-/m0/s1. The fraction of sp³-hybridized carbons (Fsp3) is 0.208. The molecule has 0 bridgehead atoms. The summed E-state index contributed by atoms with van der Waals surface area (Å²) in [7, 11) is 1.41. The van der Waals surface area contributed by atoms with E-state index in [0.29, 0.717) is 26.2 Å². The van der Waals surface area contributed by atoms with Gasteiger partial charge in [-0.15, -0.1) is 0 Å². The fourth-order valence-electron chi connectivity index (χ4n) is 3.80. The van der Waals surface area contributed by atoms with Crippen LogP contribution in [-0.4, -0.2) is 34.3 Å². The number of esters is 1. The topological polar surface area (TPSA) is 133 Å². The summed E-state index contributed by atoms with van der Waals surface area (Å²) in [5, 5.41) is 21.1. The van der Waals surface area contributed by atoms with Gasteiger partial charge >= 0.3 is 5.97 Å². The number of phenols is 1. The predicted octanol–water partition coefficient (Wildman–Crippen LogP) is 2.53. The van der Waals surface area contributed by atoms with Gasteiger partial charge in [-0.25, -0.2) is 9.79 Å². The van der Waals surface area contributed by atoms with E-state index >= 15 is 0 Å². The Labute approximate surface area is 202 Å². The third kappa shape index (κ3) is 4.45. The van der Waals surface area contributed by atoms with Gasteiger partial charge in [-0.3, -0.25) is 19.5 Å². The number of nitrogens with zero attached hydrogens (tertiary/aromatic N) is 3. The fourth-order valence-corrected chi connectivity index (χ4v) is 4.84. The van der Waals surface area contributed by atoms with E-state index in [1.807, 2.05) is 0 Å². The number of aromatic nitrogens is 1. The molecule has 0 saturated carbocycles. The highest BCUT2D eigenvalue weighted by Crippen LogP contribution is 2.36. The van der Waals surface area contributed by atoms with Crippen molar-refractivity contribution < 1.29 is 24.3 Å². The molecule has 180 valence electrons. The maximum absolute atomic E-state index is 13.3. The van der Waals surface area contributed by atoms with Crippen LogP contribution < -0.4 is 19.6 Å². The van der Waals surface area contributed by atoms with Gasteiger partial charge in [0.1, 0.15) is 6.04 Å². The molecule has 2 heterocycles. The predicted molar refractivity (Wildman–Crippen MR) is 129 cm³/mol. The van der Waals surface area contributed by atoms with E-state index in [2.05, 4.69) is 4.99 Å². The van der Waals surface area contributed by atoms with Gasteiger partial charge in [-0.2, -0.15) is 0 Å². The molecular formula is C24H21N3O7S. The summed E-state index contributed by atoms with van der Waals surface area (Å²) in [5.41, 5.74) is 1.12. The van der Waals surface area contributed by atoms with E-state index < -0.39 is 22.5 Å². The van der Waals surface area contributed by atoms with Crippen LogP contribution in [0.5, 0.6) is 11.5 Å². The maximum Gasteiger partial charge on any atom is 0.338 e. The van der Waals surface area contributed by atoms with Crippen molar-refractivity contribution in [1.29, 1.82) is 0 Å². The molecule has 2 aromatic carbocycles. The number of nitro groups is 1. The van der Waals surface area contributed by atoms with Gasteiger partial charge in [0, 0.05) is 17.8 Å². The highest BCUT2D eigenvalue weighted by Gasteiger charge is 2.32. The van der Waals surface area contributed by atoms with Gasteiger partial charge in [0.2, 0.25) is 0 Å². The Morgan fingerprint density at radius 2 is 2.09 bits per heavy atom. The smallest absolute Gasteiger partial charge is 0.338 e. The first kappa shape index (κ1) is 23.9. The second-order valence-corrected chi connectivity index (χ2v) is 8.58.